The van der Waals surface area contributed by atoms with E-state index >= 15 is 0 Å². The SMILES string of the molecule is CN(OCc1ccccc1)C(=O)CCCS(=O)(=O)O. The molecular weight excluding hydrogens is 270 g/mol. The van der Waals surface area contributed by atoms with Gasteiger partial charge in [0.25, 0.3) is 10.1 Å². The van der Waals surface area contributed by atoms with E-state index in [1.54, 1.807) is 0 Å². The van der Waals surface area contributed by atoms with Crippen LogP contribution in [0.3, 0.4) is 0 Å². The third kappa shape index (κ3) is 6.90. The predicted octanol–water partition coefficient (Wildman–Crippen LogP) is 1.24. The van der Waals surface area contributed by atoms with Crippen LogP contribution in [0, 0.1) is 0 Å². The van der Waals surface area contributed by atoms with Crippen molar-refractivity contribution in [3.8, 4) is 0 Å². The highest BCUT2D eigenvalue weighted by atomic mass is 32.2. The summed E-state index contributed by atoms with van der Waals surface area (Å²) in [7, 11) is -2.54. The fraction of sp³-hybridized carbons (Fsp3) is 0.417. The molecule has 0 spiro atoms. The van der Waals surface area contributed by atoms with Gasteiger partial charge in [-0.15, -0.1) is 0 Å². The number of amides is 1. The summed E-state index contributed by atoms with van der Waals surface area (Å²) in [5, 5.41) is 1.08. The lowest BCUT2D eigenvalue weighted by molar-refractivity contribution is -0.182. The van der Waals surface area contributed by atoms with Crippen molar-refractivity contribution in [1.29, 1.82) is 0 Å². The van der Waals surface area contributed by atoms with Crippen LogP contribution >= 0.6 is 0 Å². The van der Waals surface area contributed by atoms with Crippen molar-refractivity contribution in [2.24, 2.45) is 0 Å². The van der Waals surface area contributed by atoms with Gasteiger partial charge in [-0.05, 0) is 12.0 Å². The maximum Gasteiger partial charge on any atom is 0.264 e. The van der Waals surface area contributed by atoms with E-state index in [1.807, 2.05) is 30.3 Å². The van der Waals surface area contributed by atoms with Gasteiger partial charge >= 0.3 is 0 Å². The normalized spacial score (nSPS) is 11.3. The summed E-state index contributed by atoms with van der Waals surface area (Å²) >= 11 is 0. The molecule has 0 aromatic heterocycles. The van der Waals surface area contributed by atoms with Crippen LogP contribution < -0.4 is 0 Å². The zero-order chi connectivity index (χ0) is 14.3. The Hall–Kier alpha value is -1.44. The molecule has 0 saturated carbocycles. The van der Waals surface area contributed by atoms with Crippen LogP contribution in [-0.2, 0) is 26.4 Å². The summed E-state index contributed by atoms with van der Waals surface area (Å²) in [5.41, 5.74) is 0.931. The van der Waals surface area contributed by atoms with Crippen molar-refractivity contribution in [2.45, 2.75) is 19.4 Å². The Bertz CT molecular complexity index is 500. The van der Waals surface area contributed by atoms with E-state index in [4.69, 9.17) is 9.39 Å². The van der Waals surface area contributed by atoms with Gasteiger partial charge in [-0.1, -0.05) is 30.3 Å². The second kappa shape index (κ2) is 7.22. The lowest BCUT2D eigenvalue weighted by atomic mass is 10.2. The lowest BCUT2D eigenvalue weighted by Crippen LogP contribution is -2.27. The van der Waals surface area contributed by atoms with Crippen LogP contribution in [0.4, 0.5) is 0 Å². The number of hydrogen-bond acceptors (Lipinski definition) is 4. The maximum atomic E-state index is 11.6. The molecule has 1 N–H and O–H groups in total. The molecule has 106 valence electrons. The highest BCUT2D eigenvalue weighted by Crippen LogP contribution is 2.04. The largest absolute Gasteiger partial charge is 0.286 e. The van der Waals surface area contributed by atoms with Crippen molar-refractivity contribution in [2.75, 3.05) is 12.8 Å². The van der Waals surface area contributed by atoms with E-state index in [1.165, 1.54) is 7.05 Å². The average Bonchev–Trinajstić information content (AvgIpc) is 2.35. The van der Waals surface area contributed by atoms with Gasteiger partial charge < -0.3 is 0 Å². The van der Waals surface area contributed by atoms with Crippen molar-refractivity contribution in [3.05, 3.63) is 35.9 Å². The third-order valence-corrected chi connectivity index (χ3v) is 3.22. The van der Waals surface area contributed by atoms with E-state index < -0.39 is 15.9 Å². The number of carbonyl (C=O) groups excluding carboxylic acids is 1. The first-order chi connectivity index (χ1) is 8.88. The van der Waals surface area contributed by atoms with E-state index in [0.717, 1.165) is 10.6 Å². The van der Waals surface area contributed by atoms with Crippen molar-refractivity contribution in [1.82, 2.24) is 5.06 Å². The average molecular weight is 287 g/mol. The molecule has 0 unspecified atom stereocenters. The fourth-order valence-corrected chi connectivity index (χ4v) is 1.89. The maximum absolute atomic E-state index is 11.6. The van der Waals surface area contributed by atoms with Gasteiger partial charge in [0.2, 0.25) is 5.91 Å². The predicted molar refractivity (Wildman–Crippen MR) is 69.7 cm³/mol. The number of rotatable bonds is 7. The second-order valence-corrected chi connectivity index (χ2v) is 5.61. The van der Waals surface area contributed by atoms with Gasteiger partial charge in [-0.3, -0.25) is 14.2 Å². The van der Waals surface area contributed by atoms with Crippen LogP contribution in [0.1, 0.15) is 18.4 Å². The van der Waals surface area contributed by atoms with Crippen LogP contribution in [-0.4, -0.2) is 36.7 Å². The molecule has 1 aromatic carbocycles. The second-order valence-electron chi connectivity index (χ2n) is 4.04. The first kappa shape index (κ1) is 15.6. The number of benzene rings is 1. The number of hydrogen-bond donors (Lipinski definition) is 1. The summed E-state index contributed by atoms with van der Waals surface area (Å²) in [6, 6.07) is 9.36. The van der Waals surface area contributed by atoms with Crippen LogP contribution in [0.25, 0.3) is 0 Å². The minimum atomic E-state index is -4.01. The smallest absolute Gasteiger partial charge is 0.264 e. The summed E-state index contributed by atoms with van der Waals surface area (Å²) in [5.74, 6) is -0.759. The quantitative estimate of drug-likeness (QED) is 0.602. The fourth-order valence-electron chi connectivity index (χ4n) is 1.38. The molecule has 19 heavy (non-hydrogen) atoms. The van der Waals surface area contributed by atoms with Gasteiger partial charge in [-0.2, -0.15) is 8.42 Å². The van der Waals surface area contributed by atoms with Crippen molar-refractivity contribution < 1.29 is 22.6 Å². The topological polar surface area (TPSA) is 83.9 Å². The molecule has 0 fully saturated rings. The van der Waals surface area contributed by atoms with E-state index in [9.17, 15) is 13.2 Å². The Labute approximate surface area is 112 Å². The zero-order valence-electron chi connectivity index (χ0n) is 10.7. The van der Waals surface area contributed by atoms with E-state index in [2.05, 4.69) is 0 Å². The molecule has 0 aliphatic heterocycles. The number of carbonyl (C=O) groups is 1. The van der Waals surface area contributed by atoms with Crippen LogP contribution in [0.15, 0.2) is 30.3 Å². The molecule has 0 bridgehead atoms. The number of nitrogens with zero attached hydrogens (tertiary/aromatic N) is 1. The van der Waals surface area contributed by atoms with Gasteiger partial charge in [0.05, 0.1) is 5.75 Å². The first-order valence-corrected chi connectivity index (χ1v) is 7.38. The molecule has 6 nitrogen and oxygen atoms in total. The standard InChI is InChI=1S/C12H17NO5S/c1-13(12(14)8-5-9-19(15,16)17)18-10-11-6-3-2-4-7-11/h2-4,6-7H,5,8-10H2,1H3,(H,15,16,17). The molecule has 0 aliphatic carbocycles. The van der Waals surface area contributed by atoms with Crippen molar-refractivity contribution >= 4 is 16.0 Å². The molecule has 1 aromatic rings. The third-order valence-electron chi connectivity index (χ3n) is 2.41. The molecule has 0 atom stereocenters. The Morgan fingerprint density at radius 1 is 1.32 bits per heavy atom. The Kier molecular flexibility index (Phi) is 5.94. The summed E-state index contributed by atoms with van der Waals surface area (Å²) < 4.78 is 29.5. The minimum absolute atomic E-state index is 0.00504. The van der Waals surface area contributed by atoms with Crippen molar-refractivity contribution in [3.63, 3.8) is 0 Å². The minimum Gasteiger partial charge on any atom is -0.286 e. The summed E-state index contributed by atoms with van der Waals surface area (Å²) in [6.07, 6.45) is 0.0712. The van der Waals surface area contributed by atoms with Gasteiger partial charge in [-0.25, -0.2) is 5.06 Å². The van der Waals surface area contributed by atoms with Crippen LogP contribution in [0.5, 0.6) is 0 Å². The highest BCUT2D eigenvalue weighted by molar-refractivity contribution is 7.85. The highest BCUT2D eigenvalue weighted by Gasteiger charge is 2.12. The molecule has 0 heterocycles. The van der Waals surface area contributed by atoms with Crippen LogP contribution in [0.2, 0.25) is 0 Å². The summed E-state index contributed by atoms with van der Waals surface area (Å²) in [4.78, 5) is 16.8. The van der Waals surface area contributed by atoms with Gasteiger partial charge in [0.1, 0.15) is 6.61 Å². The monoisotopic (exact) mass is 287 g/mol. The first-order valence-electron chi connectivity index (χ1n) is 5.77. The number of hydroxylamine groups is 2. The Balaban J connectivity index is 2.29. The lowest BCUT2D eigenvalue weighted by Gasteiger charge is -2.16. The zero-order valence-corrected chi connectivity index (χ0v) is 11.5. The summed E-state index contributed by atoms with van der Waals surface area (Å²) in [6.45, 7) is 0.265. The van der Waals surface area contributed by atoms with E-state index in [-0.39, 0.29) is 25.4 Å². The molecular formula is C12H17NO5S. The molecule has 7 heteroatoms. The van der Waals surface area contributed by atoms with Gasteiger partial charge in [0, 0.05) is 13.5 Å². The molecule has 1 amide bonds. The molecule has 0 saturated heterocycles. The Morgan fingerprint density at radius 2 is 1.95 bits per heavy atom. The molecule has 1 rings (SSSR count). The van der Waals surface area contributed by atoms with Gasteiger partial charge in [0.15, 0.2) is 0 Å². The Morgan fingerprint density at radius 3 is 2.53 bits per heavy atom. The van der Waals surface area contributed by atoms with E-state index in [0.29, 0.717) is 0 Å². The molecule has 0 aliphatic rings. The molecule has 0 radical (unpaired) electrons.